The van der Waals surface area contributed by atoms with E-state index in [1.807, 2.05) is 0 Å². The number of halogens is 2. The third kappa shape index (κ3) is 8.19. The first-order valence-corrected chi connectivity index (χ1v) is 16.3. The number of fused-ring (bicyclic) bond motifs is 3. The fraction of sp³-hybridized carbons (Fsp3) is 0.636. The lowest BCUT2D eigenvalue weighted by Gasteiger charge is -2.33. The Balaban J connectivity index is 1.69. The highest BCUT2D eigenvalue weighted by Crippen LogP contribution is 2.55. The summed E-state index contributed by atoms with van der Waals surface area (Å²) in [6.45, 7) is 4.61. The van der Waals surface area contributed by atoms with Gasteiger partial charge in [-0.1, -0.05) is 161 Å². The van der Waals surface area contributed by atoms with Crippen LogP contribution in [0.1, 0.15) is 141 Å². The smallest absolute Gasteiger partial charge is 0.0215 e. The minimum atomic E-state index is 0.191. The van der Waals surface area contributed by atoms with Gasteiger partial charge in [0.2, 0.25) is 0 Å². The Morgan fingerprint density at radius 2 is 0.829 bits per heavy atom. The van der Waals surface area contributed by atoms with Crippen molar-refractivity contribution in [2.45, 2.75) is 135 Å². The summed E-state index contributed by atoms with van der Waals surface area (Å²) < 4.78 is 2.38. The number of unbranched alkanes of at least 4 members (excludes halogenated alkanes) is 14. The Kier molecular flexibility index (Phi) is 12.9. The predicted octanol–water partition coefficient (Wildman–Crippen LogP) is 12.5. The average Bonchev–Trinajstić information content (AvgIpc) is 3.11. The van der Waals surface area contributed by atoms with Crippen LogP contribution in [0.25, 0.3) is 11.1 Å². The van der Waals surface area contributed by atoms with Crippen LogP contribution in [0.2, 0.25) is 0 Å². The monoisotopic (exact) mass is 602 g/mol. The SMILES string of the molecule is CCCCCCCCCCC1(CCCCCCCCCC)c2ccc(Br)cc2-c2cc(Br)ccc21. The van der Waals surface area contributed by atoms with Crippen molar-refractivity contribution >= 4 is 31.9 Å². The molecule has 0 spiro atoms. The summed E-state index contributed by atoms with van der Waals surface area (Å²) >= 11 is 7.52. The molecule has 0 saturated carbocycles. The van der Waals surface area contributed by atoms with Gasteiger partial charge < -0.3 is 0 Å². The Bertz CT molecular complexity index is 811. The highest BCUT2D eigenvalue weighted by molar-refractivity contribution is 9.10. The highest BCUT2D eigenvalue weighted by atomic mass is 79.9. The van der Waals surface area contributed by atoms with E-state index in [9.17, 15) is 0 Å². The lowest BCUT2D eigenvalue weighted by molar-refractivity contribution is 0.397. The van der Waals surface area contributed by atoms with E-state index in [1.165, 1.54) is 136 Å². The van der Waals surface area contributed by atoms with Gasteiger partial charge in [0.05, 0.1) is 0 Å². The van der Waals surface area contributed by atoms with E-state index in [0.717, 1.165) is 0 Å². The van der Waals surface area contributed by atoms with E-state index in [2.05, 4.69) is 82.1 Å². The maximum absolute atomic E-state index is 3.76. The molecular formula is C33H48Br2. The second-order valence-corrected chi connectivity index (χ2v) is 12.7. The van der Waals surface area contributed by atoms with Gasteiger partial charge in [-0.3, -0.25) is 0 Å². The third-order valence-corrected chi connectivity index (χ3v) is 9.19. The zero-order chi connectivity index (χ0) is 24.9. The van der Waals surface area contributed by atoms with Gasteiger partial charge in [0.15, 0.2) is 0 Å². The molecule has 35 heavy (non-hydrogen) atoms. The molecule has 3 rings (SSSR count). The molecule has 0 heterocycles. The second-order valence-electron chi connectivity index (χ2n) is 10.9. The van der Waals surface area contributed by atoms with Crippen LogP contribution < -0.4 is 0 Å². The third-order valence-electron chi connectivity index (χ3n) is 8.20. The van der Waals surface area contributed by atoms with Crippen LogP contribution in [0.3, 0.4) is 0 Å². The summed E-state index contributed by atoms with van der Waals surface area (Å²) in [5.41, 5.74) is 6.26. The van der Waals surface area contributed by atoms with Crippen molar-refractivity contribution in [1.82, 2.24) is 0 Å². The Hall–Kier alpha value is -0.600. The molecule has 1 aliphatic carbocycles. The molecule has 0 unspecified atom stereocenters. The van der Waals surface area contributed by atoms with E-state index < -0.39 is 0 Å². The molecule has 0 amide bonds. The van der Waals surface area contributed by atoms with Gasteiger partial charge in [0.1, 0.15) is 0 Å². The molecule has 0 atom stereocenters. The zero-order valence-electron chi connectivity index (χ0n) is 22.4. The van der Waals surface area contributed by atoms with Crippen molar-refractivity contribution in [3.8, 4) is 11.1 Å². The molecule has 0 aliphatic heterocycles. The first-order valence-electron chi connectivity index (χ1n) is 14.7. The molecule has 0 aromatic heterocycles. The summed E-state index contributed by atoms with van der Waals surface area (Å²) in [6, 6.07) is 14.1. The summed E-state index contributed by atoms with van der Waals surface area (Å²) in [5.74, 6) is 0. The van der Waals surface area contributed by atoms with Crippen molar-refractivity contribution in [1.29, 1.82) is 0 Å². The molecule has 0 bridgehead atoms. The molecule has 1 aliphatic rings. The van der Waals surface area contributed by atoms with Crippen LogP contribution in [0.5, 0.6) is 0 Å². The van der Waals surface area contributed by atoms with Gasteiger partial charge in [-0.2, -0.15) is 0 Å². The Morgan fingerprint density at radius 1 is 0.486 bits per heavy atom. The Labute approximate surface area is 233 Å². The summed E-state index contributed by atoms with van der Waals surface area (Å²) in [6.07, 6.45) is 24.8. The number of rotatable bonds is 18. The lowest BCUT2D eigenvalue weighted by Crippen LogP contribution is -2.25. The molecule has 0 saturated heterocycles. The van der Waals surface area contributed by atoms with Crippen LogP contribution in [0, 0.1) is 0 Å². The van der Waals surface area contributed by atoms with E-state index in [-0.39, 0.29) is 5.41 Å². The van der Waals surface area contributed by atoms with E-state index >= 15 is 0 Å². The van der Waals surface area contributed by atoms with Gasteiger partial charge >= 0.3 is 0 Å². The number of benzene rings is 2. The van der Waals surface area contributed by atoms with E-state index in [0.29, 0.717) is 0 Å². The number of hydrogen-bond acceptors (Lipinski definition) is 0. The fourth-order valence-corrected chi connectivity index (χ4v) is 6.97. The van der Waals surface area contributed by atoms with Crippen molar-refractivity contribution in [3.63, 3.8) is 0 Å². The maximum atomic E-state index is 3.76. The minimum absolute atomic E-state index is 0.191. The van der Waals surface area contributed by atoms with Gasteiger partial charge in [-0.15, -0.1) is 0 Å². The molecule has 194 valence electrons. The van der Waals surface area contributed by atoms with E-state index in [4.69, 9.17) is 0 Å². The van der Waals surface area contributed by atoms with Gasteiger partial charge in [0.25, 0.3) is 0 Å². The average molecular weight is 605 g/mol. The molecular weight excluding hydrogens is 556 g/mol. The molecule has 0 radical (unpaired) electrons. The van der Waals surface area contributed by atoms with Crippen molar-refractivity contribution < 1.29 is 0 Å². The minimum Gasteiger partial charge on any atom is -0.0654 e. The lowest BCUT2D eigenvalue weighted by atomic mass is 9.70. The normalized spacial score (nSPS) is 13.7. The topological polar surface area (TPSA) is 0 Å². The summed E-state index contributed by atoms with van der Waals surface area (Å²) in [7, 11) is 0. The van der Waals surface area contributed by atoms with Crippen LogP contribution in [-0.2, 0) is 5.41 Å². The molecule has 0 N–H and O–H groups in total. The second kappa shape index (κ2) is 15.6. The fourth-order valence-electron chi connectivity index (χ4n) is 6.24. The zero-order valence-corrected chi connectivity index (χ0v) is 25.6. The van der Waals surface area contributed by atoms with Crippen LogP contribution in [-0.4, -0.2) is 0 Å². The molecule has 2 aromatic carbocycles. The number of hydrogen-bond donors (Lipinski definition) is 0. The first kappa shape index (κ1) is 29.0. The predicted molar refractivity (Wildman–Crippen MR) is 163 cm³/mol. The molecule has 2 aromatic rings. The van der Waals surface area contributed by atoms with Gasteiger partial charge in [-0.05, 0) is 59.4 Å². The standard InChI is InChI=1S/C33H48Br2/c1-3-5-7-9-11-13-15-17-23-33(24-18-16-14-12-10-8-6-4-2)31-21-19-27(34)25-29(31)30-26-28(35)20-22-32(30)33/h19-22,25-26H,3-18,23-24H2,1-2H3. The van der Waals surface area contributed by atoms with Crippen molar-refractivity contribution in [2.75, 3.05) is 0 Å². The molecule has 2 heteroatoms. The van der Waals surface area contributed by atoms with Crippen molar-refractivity contribution in [3.05, 3.63) is 56.5 Å². The first-order chi connectivity index (χ1) is 17.1. The van der Waals surface area contributed by atoms with Gasteiger partial charge in [0, 0.05) is 14.4 Å². The van der Waals surface area contributed by atoms with Crippen LogP contribution >= 0.6 is 31.9 Å². The summed E-state index contributed by atoms with van der Waals surface area (Å²) in [4.78, 5) is 0. The van der Waals surface area contributed by atoms with Crippen molar-refractivity contribution in [2.24, 2.45) is 0 Å². The van der Waals surface area contributed by atoms with Gasteiger partial charge in [-0.25, -0.2) is 0 Å². The summed E-state index contributed by atoms with van der Waals surface area (Å²) in [5, 5.41) is 0. The maximum Gasteiger partial charge on any atom is 0.0215 e. The van der Waals surface area contributed by atoms with Crippen LogP contribution in [0.15, 0.2) is 45.3 Å². The molecule has 0 fully saturated rings. The largest absolute Gasteiger partial charge is 0.0654 e. The quantitative estimate of drug-likeness (QED) is 0.149. The Morgan fingerprint density at radius 3 is 1.20 bits per heavy atom. The highest BCUT2D eigenvalue weighted by Gasteiger charge is 2.42. The molecule has 0 nitrogen and oxygen atoms in total. The van der Waals surface area contributed by atoms with Crippen LogP contribution in [0.4, 0.5) is 0 Å². The van der Waals surface area contributed by atoms with E-state index in [1.54, 1.807) is 11.1 Å².